The van der Waals surface area contributed by atoms with Gasteiger partial charge in [0.05, 0.1) is 23.9 Å². The topological polar surface area (TPSA) is 68.3 Å². The standard InChI is InChI=1S/C14H14N2O3S/c1-8-9(2)20-14(15-8)16-12(17)10-6-4-5-7-11(10)13(18)19-3/h4-7H,1-3H3,(H,15,16,17). The van der Waals surface area contributed by atoms with Gasteiger partial charge in [0.1, 0.15) is 0 Å². The predicted molar refractivity (Wildman–Crippen MR) is 77.3 cm³/mol. The summed E-state index contributed by atoms with van der Waals surface area (Å²) in [5, 5.41) is 3.22. The summed E-state index contributed by atoms with van der Waals surface area (Å²) in [6.07, 6.45) is 0. The first kappa shape index (κ1) is 14.2. The van der Waals surface area contributed by atoms with E-state index in [1.165, 1.54) is 18.4 Å². The second kappa shape index (κ2) is 5.83. The van der Waals surface area contributed by atoms with E-state index >= 15 is 0 Å². The summed E-state index contributed by atoms with van der Waals surface area (Å²) in [5.74, 6) is -0.915. The fourth-order valence-corrected chi connectivity index (χ4v) is 2.47. The molecule has 0 fully saturated rings. The average molecular weight is 290 g/mol. The average Bonchev–Trinajstić information content (AvgIpc) is 2.76. The largest absolute Gasteiger partial charge is 0.465 e. The zero-order chi connectivity index (χ0) is 14.7. The lowest BCUT2D eigenvalue weighted by Crippen LogP contribution is -2.17. The third kappa shape index (κ3) is 2.85. The lowest BCUT2D eigenvalue weighted by atomic mass is 10.1. The van der Waals surface area contributed by atoms with Crippen molar-refractivity contribution in [1.82, 2.24) is 4.98 Å². The van der Waals surface area contributed by atoms with Crippen molar-refractivity contribution in [3.05, 3.63) is 46.0 Å². The van der Waals surface area contributed by atoms with Crippen molar-refractivity contribution in [2.75, 3.05) is 12.4 Å². The summed E-state index contributed by atoms with van der Waals surface area (Å²) in [5.41, 5.74) is 1.38. The van der Waals surface area contributed by atoms with E-state index in [1.807, 2.05) is 13.8 Å². The molecule has 1 heterocycles. The van der Waals surface area contributed by atoms with E-state index < -0.39 is 5.97 Å². The minimum Gasteiger partial charge on any atom is -0.465 e. The number of methoxy groups -OCH3 is 1. The van der Waals surface area contributed by atoms with Gasteiger partial charge in [0.25, 0.3) is 5.91 Å². The molecule has 6 heteroatoms. The second-order valence-electron chi connectivity index (χ2n) is 4.15. The number of nitrogens with zero attached hydrogens (tertiary/aromatic N) is 1. The zero-order valence-electron chi connectivity index (χ0n) is 11.4. The van der Waals surface area contributed by atoms with Crippen LogP contribution < -0.4 is 5.32 Å². The summed E-state index contributed by atoms with van der Waals surface area (Å²) in [4.78, 5) is 29.1. The summed E-state index contributed by atoms with van der Waals surface area (Å²) >= 11 is 1.40. The first-order valence-corrected chi connectivity index (χ1v) is 6.77. The van der Waals surface area contributed by atoms with E-state index in [9.17, 15) is 9.59 Å². The molecule has 1 N–H and O–H groups in total. The zero-order valence-corrected chi connectivity index (χ0v) is 12.2. The van der Waals surface area contributed by atoms with Gasteiger partial charge in [-0.15, -0.1) is 11.3 Å². The Labute approximate surface area is 120 Å². The van der Waals surface area contributed by atoms with E-state index in [0.29, 0.717) is 5.13 Å². The van der Waals surface area contributed by atoms with Crippen LogP contribution in [0.15, 0.2) is 24.3 Å². The third-order valence-corrected chi connectivity index (χ3v) is 3.81. The maximum absolute atomic E-state index is 12.2. The van der Waals surface area contributed by atoms with Crippen LogP contribution >= 0.6 is 11.3 Å². The molecule has 0 aliphatic carbocycles. The lowest BCUT2D eigenvalue weighted by molar-refractivity contribution is 0.0597. The lowest BCUT2D eigenvalue weighted by Gasteiger charge is -2.06. The Bertz CT molecular complexity index is 645. The summed E-state index contributed by atoms with van der Waals surface area (Å²) in [6.45, 7) is 3.81. The van der Waals surface area contributed by atoms with Crippen LogP contribution in [-0.4, -0.2) is 24.0 Å². The number of aryl methyl sites for hydroxylation is 2. The minimum atomic E-state index is -0.540. The molecule has 0 saturated heterocycles. The highest BCUT2D eigenvalue weighted by molar-refractivity contribution is 7.15. The fraction of sp³-hybridized carbons (Fsp3) is 0.214. The molecule has 0 aliphatic rings. The number of anilines is 1. The van der Waals surface area contributed by atoms with E-state index in [0.717, 1.165) is 10.6 Å². The first-order valence-electron chi connectivity index (χ1n) is 5.95. The Morgan fingerprint density at radius 3 is 2.40 bits per heavy atom. The van der Waals surface area contributed by atoms with Gasteiger partial charge in [-0.2, -0.15) is 0 Å². The van der Waals surface area contributed by atoms with Gasteiger partial charge in [-0.05, 0) is 26.0 Å². The molecule has 0 aliphatic heterocycles. The normalized spacial score (nSPS) is 10.2. The van der Waals surface area contributed by atoms with Gasteiger partial charge in [0.2, 0.25) is 0 Å². The first-order chi connectivity index (χ1) is 9.52. The van der Waals surface area contributed by atoms with E-state index in [-0.39, 0.29) is 17.0 Å². The van der Waals surface area contributed by atoms with Gasteiger partial charge in [0.15, 0.2) is 5.13 Å². The molecule has 20 heavy (non-hydrogen) atoms. The van der Waals surface area contributed by atoms with Crippen LogP contribution in [0, 0.1) is 13.8 Å². The Morgan fingerprint density at radius 2 is 1.85 bits per heavy atom. The Hall–Kier alpha value is -2.21. The number of nitrogens with one attached hydrogen (secondary N) is 1. The molecule has 0 unspecified atom stereocenters. The molecule has 1 aromatic heterocycles. The van der Waals surface area contributed by atoms with Gasteiger partial charge in [-0.1, -0.05) is 12.1 Å². The van der Waals surface area contributed by atoms with Crippen LogP contribution in [0.2, 0.25) is 0 Å². The molecule has 0 saturated carbocycles. The number of hydrogen-bond acceptors (Lipinski definition) is 5. The van der Waals surface area contributed by atoms with Gasteiger partial charge in [-0.25, -0.2) is 9.78 Å². The minimum absolute atomic E-state index is 0.234. The number of benzene rings is 1. The van der Waals surface area contributed by atoms with Crippen LogP contribution in [0.5, 0.6) is 0 Å². The Morgan fingerprint density at radius 1 is 1.20 bits per heavy atom. The number of thiazole rings is 1. The fourth-order valence-electron chi connectivity index (χ4n) is 1.66. The van der Waals surface area contributed by atoms with E-state index in [4.69, 9.17) is 0 Å². The molecule has 0 radical (unpaired) electrons. The van der Waals surface area contributed by atoms with Gasteiger partial charge >= 0.3 is 5.97 Å². The highest BCUT2D eigenvalue weighted by Crippen LogP contribution is 2.22. The molecule has 0 atom stereocenters. The van der Waals surface area contributed by atoms with Crippen LogP contribution in [-0.2, 0) is 4.74 Å². The molecule has 1 amide bonds. The number of ether oxygens (including phenoxy) is 1. The summed E-state index contributed by atoms with van der Waals surface area (Å²) in [6, 6.07) is 6.51. The van der Waals surface area contributed by atoms with Crippen molar-refractivity contribution >= 4 is 28.3 Å². The number of carbonyl (C=O) groups excluding carboxylic acids is 2. The Kier molecular flexibility index (Phi) is 4.14. The molecule has 0 bridgehead atoms. The van der Waals surface area contributed by atoms with Crippen molar-refractivity contribution in [3.63, 3.8) is 0 Å². The molecule has 0 spiro atoms. The molecule has 104 valence electrons. The number of carbonyl (C=O) groups is 2. The molecule has 2 rings (SSSR count). The van der Waals surface area contributed by atoms with Crippen molar-refractivity contribution in [1.29, 1.82) is 0 Å². The van der Waals surface area contributed by atoms with Gasteiger partial charge in [0, 0.05) is 4.88 Å². The molecule has 2 aromatic rings. The second-order valence-corrected chi connectivity index (χ2v) is 5.36. The van der Waals surface area contributed by atoms with Crippen molar-refractivity contribution in [2.24, 2.45) is 0 Å². The molecule has 5 nitrogen and oxygen atoms in total. The van der Waals surface area contributed by atoms with Crippen LogP contribution in [0.25, 0.3) is 0 Å². The third-order valence-electron chi connectivity index (χ3n) is 2.83. The number of esters is 1. The van der Waals surface area contributed by atoms with Crippen LogP contribution in [0.1, 0.15) is 31.3 Å². The molecular weight excluding hydrogens is 276 g/mol. The molecular formula is C14H14N2O3S. The van der Waals surface area contributed by atoms with Gasteiger partial charge in [-0.3, -0.25) is 10.1 Å². The van der Waals surface area contributed by atoms with Crippen LogP contribution in [0.3, 0.4) is 0 Å². The Balaban J connectivity index is 2.27. The van der Waals surface area contributed by atoms with E-state index in [2.05, 4.69) is 15.0 Å². The number of hydrogen-bond donors (Lipinski definition) is 1. The van der Waals surface area contributed by atoms with Crippen molar-refractivity contribution in [3.8, 4) is 0 Å². The smallest absolute Gasteiger partial charge is 0.338 e. The number of amides is 1. The number of aromatic nitrogens is 1. The van der Waals surface area contributed by atoms with E-state index in [1.54, 1.807) is 24.3 Å². The monoisotopic (exact) mass is 290 g/mol. The van der Waals surface area contributed by atoms with Crippen molar-refractivity contribution in [2.45, 2.75) is 13.8 Å². The molecule has 1 aromatic carbocycles. The SMILES string of the molecule is COC(=O)c1ccccc1C(=O)Nc1nc(C)c(C)s1. The number of rotatable bonds is 3. The highest BCUT2D eigenvalue weighted by Gasteiger charge is 2.18. The van der Waals surface area contributed by atoms with Gasteiger partial charge < -0.3 is 4.74 Å². The summed E-state index contributed by atoms with van der Waals surface area (Å²) < 4.78 is 4.67. The van der Waals surface area contributed by atoms with Crippen LogP contribution in [0.4, 0.5) is 5.13 Å². The quantitative estimate of drug-likeness (QED) is 0.883. The predicted octanol–water partition coefficient (Wildman–Crippen LogP) is 2.80. The summed E-state index contributed by atoms with van der Waals surface area (Å²) in [7, 11) is 1.28. The maximum Gasteiger partial charge on any atom is 0.338 e. The maximum atomic E-state index is 12.2. The van der Waals surface area contributed by atoms with Crippen molar-refractivity contribution < 1.29 is 14.3 Å². The highest BCUT2D eigenvalue weighted by atomic mass is 32.1.